The molecule has 0 aliphatic heterocycles. The number of halogens is 1. The molecular weight excluding hydrogens is 288 g/mol. The smallest absolute Gasteiger partial charge is 0.0831 e. The highest BCUT2D eigenvalue weighted by Crippen LogP contribution is 2.42. The summed E-state index contributed by atoms with van der Waals surface area (Å²) in [6.07, 6.45) is 5.91. The van der Waals surface area contributed by atoms with E-state index < -0.39 is 0 Å². The van der Waals surface area contributed by atoms with Gasteiger partial charge in [0.05, 0.1) is 6.10 Å². The van der Waals surface area contributed by atoms with Gasteiger partial charge in [0.25, 0.3) is 0 Å². The molecule has 3 atom stereocenters. The summed E-state index contributed by atoms with van der Waals surface area (Å²) >= 11 is 3.63. The van der Waals surface area contributed by atoms with Crippen molar-refractivity contribution in [1.82, 2.24) is 0 Å². The molecular formula is C16H23BrO. The van der Waals surface area contributed by atoms with Gasteiger partial charge >= 0.3 is 0 Å². The fourth-order valence-corrected chi connectivity index (χ4v) is 3.79. The summed E-state index contributed by atoms with van der Waals surface area (Å²) in [6, 6.07) is 6.18. The number of hydrogen-bond acceptors (Lipinski definition) is 1. The van der Waals surface area contributed by atoms with Gasteiger partial charge in [0.2, 0.25) is 0 Å². The number of benzene rings is 1. The number of hydrogen-bond donors (Lipinski definition) is 1. The Morgan fingerprint density at radius 2 is 2.06 bits per heavy atom. The van der Waals surface area contributed by atoms with Crippen LogP contribution >= 0.6 is 15.9 Å². The molecule has 1 aliphatic rings. The van der Waals surface area contributed by atoms with E-state index in [0.29, 0.717) is 11.8 Å². The van der Waals surface area contributed by atoms with E-state index in [4.69, 9.17) is 0 Å². The van der Waals surface area contributed by atoms with Crippen LogP contribution in [0.25, 0.3) is 0 Å². The molecule has 2 heteroatoms. The first-order valence-electron chi connectivity index (χ1n) is 7.08. The SMILES string of the molecule is CCC1CCCCC1C(O)c1cccc(C)c1Br. The van der Waals surface area contributed by atoms with E-state index in [-0.39, 0.29) is 6.10 Å². The van der Waals surface area contributed by atoms with Gasteiger partial charge in [0.1, 0.15) is 0 Å². The number of aliphatic hydroxyl groups excluding tert-OH is 1. The number of aliphatic hydroxyl groups is 1. The second-order valence-electron chi connectivity index (χ2n) is 5.54. The lowest BCUT2D eigenvalue weighted by atomic mass is 9.73. The topological polar surface area (TPSA) is 20.2 Å². The van der Waals surface area contributed by atoms with Crippen LogP contribution in [0.4, 0.5) is 0 Å². The summed E-state index contributed by atoms with van der Waals surface area (Å²) in [5.41, 5.74) is 2.27. The van der Waals surface area contributed by atoms with Crippen molar-refractivity contribution in [3.63, 3.8) is 0 Å². The minimum Gasteiger partial charge on any atom is -0.388 e. The summed E-state index contributed by atoms with van der Waals surface area (Å²) in [7, 11) is 0. The Morgan fingerprint density at radius 3 is 2.78 bits per heavy atom. The molecule has 3 unspecified atom stereocenters. The van der Waals surface area contributed by atoms with Gasteiger partial charge in [-0.2, -0.15) is 0 Å². The van der Waals surface area contributed by atoms with Gasteiger partial charge in [-0.15, -0.1) is 0 Å². The molecule has 0 heterocycles. The molecule has 0 bridgehead atoms. The summed E-state index contributed by atoms with van der Waals surface area (Å²) < 4.78 is 1.08. The molecule has 100 valence electrons. The number of aryl methyl sites for hydroxylation is 1. The Balaban J connectivity index is 2.23. The van der Waals surface area contributed by atoms with Gasteiger partial charge in [-0.05, 0) is 36.3 Å². The van der Waals surface area contributed by atoms with Gasteiger partial charge in [-0.1, -0.05) is 66.7 Å². The van der Waals surface area contributed by atoms with Gasteiger partial charge < -0.3 is 5.11 Å². The van der Waals surface area contributed by atoms with Crippen molar-refractivity contribution < 1.29 is 5.11 Å². The van der Waals surface area contributed by atoms with Crippen molar-refractivity contribution in [2.75, 3.05) is 0 Å². The zero-order valence-corrected chi connectivity index (χ0v) is 12.9. The van der Waals surface area contributed by atoms with Crippen molar-refractivity contribution >= 4 is 15.9 Å². The first-order chi connectivity index (χ1) is 8.65. The maximum Gasteiger partial charge on any atom is 0.0831 e. The highest BCUT2D eigenvalue weighted by Gasteiger charge is 2.31. The van der Waals surface area contributed by atoms with Crippen LogP contribution in [0.1, 0.15) is 56.3 Å². The zero-order chi connectivity index (χ0) is 13.1. The Hall–Kier alpha value is -0.340. The van der Waals surface area contributed by atoms with Gasteiger partial charge in [-0.25, -0.2) is 0 Å². The van der Waals surface area contributed by atoms with E-state index in [2.05, 4.69) is 41.9 Å². The summed E-state index contributed by atoms with van der Waals surface area (Å²) in [6.45, 7) is 4.33. The zero-order valence-electron chi connectivity index (χ0n) is 11.3. The fourth-order valence-electron chi connectivity index (χ4n) is 3.29. The Labute approximate surface area is 119 Å². The van der Waals surface area contributed by atoms with E-state index in [1.165, 1.54) is 37.7 Å². The quantitative estimate of drug-likeness (QED) is 0.832. The Bertz CT molecular complexity index is 402. The molecule has 0 radical (unpaired) electrons. The lowest BCUT2D eigenvalue weighted by Crippen LogP contribution is -2.25. The van der Waals surface area contributed by atoms with Crippen molar-refractivity contribution in [2.45, 2.75) is 52.1 Å². The second-order valence-corrected chi connectivity index (χ2v) is 6.33. The average Bonchev–Trinajstić information content (AvgIpc) is 2.41. The molecule has 1 saturated carbocycles. The molecule has 18 heavy (non-hydrogen) atoms. The van der Waals surface area contributed by atoms with Gasteiger partial charge in [-0.3, -0.25) is 0 Å². The van der Waals surface area contributed by atoms with Crippen LogP contribution in [0.3, 0.4) is 0 Å². The standard InChI is InChI=1S/C16H23BrO/c1-3-12-8-4-5-9-13(12)16(18)14-10-6-7-11(2)15(14)17/h6-7,10,12-13,16,18H,3-5,8-9H2,1-2H3. The van der Waals surface area contributed by atoms with Crippen LogP contribution in [-0.4, -0.2) is 5.11 Å². The summed E-state index contributed by atoms with van der Waals surface area (Å²) in [5.74, 6) is 1.11. The van der Waals surface area contributed by atoms with Crippen LogP contribution in [0.2, 0.25) is 0 Å². The Kier molecular flexibility index (Phi) is 4.85. The molecule has 1 fully saturated rings. The highest BCUT2D eigenvalue weighted by molar-refractivity contribution is 9.10. The lowest BCUT2D eigenvalue weighted by molar-refractivity contribution is 0.0446. The number of rotatable bonds is 3. The minimum atomic E-state index is -0.315. The van der Waals surface area contributed by atoms with Crippen molar-refractivity contribution in [3.05, 3.63) is 33.8 Å². The molecule has 1 aromatic carbocycles. The maximum absolute atomic E-state index is 10.7. The van der Waals surface area contributed by atoms with E-state index in [1.54, 1.807) is 0 Å². The van der Waals surface area contributed by atoms with Crippen molar-refractivity contribution in [1.29, 1.82) is 0 Å². The first-order valence-corrected chi connectivity index (χ1v) is 7.87. The molecule has 1 aromatic rings. The molecule has 0 spiro atoms. The van der Waals surface area contributed by atoms with E-state index in [1.807, 2.05) is 6.07 Å². The molecule has 1 nitrogen and oxygen atoms in total. The van der Waals surface area contributed by atoms with Gasteiger partial charge in [0, 0.05) is 4.47 Å². The monoisotopic (exact) mass is 310 g/mol. The van der Waals surface area contributed by atoms with Crippen LogP contribution < -0.4 is 0 Å². The van der Waals surface area contributed by atoms with Crippen LogP contribution in [0.5, 0.6) is 0 Å². The predicted octanol–water partition coefficient (Wildman–Crippen LogP) is 5.01. The van der Waals surface area contributed by atoms with E-state index >= 15 is 0 Å². The van der Waals surface area contributed by atoms with Crippen LogP contribution in [0.15, 0.2) is 22.7 Å². The molecule has 1 aliphatic carbocycles. The van der Waals surface area contributed by atoms with E-state index in [0.717, 1.165) is 10.0 Å². The second kappa shape index (κ2) is 6.21. The van der Waals surface area contributed by atoms with Crippen LogP contribution in [-0.2, 0) is 0 Å². The van der Waals surface area contributed by atoms with Crippen molar-refractivity contribution in [3.8, 4) is 0 Å². The lowest BCUT2D eigenvalue weighted by Gasteiger charge is -2.35. The van der Waals surface area contributed by atoms with Crippen LogP contribution in [0, 0.1) is 18.8 Å². The molecule has 0 saturated heterocycles. The molecule has 0 amide bonds. The first kappa shape index (κ1) is 14.1. The minimum absolute atomic E-state index is 0.315. The fraction of sp³-hybridized carbons (Fsp3) is 0.625. The third-order valence-corrected chi connectivity index (χ3v) is 5.52. The summed E-state index contributed by atoms with van der Waals surface area (Å²) in [4.78, 5) is 0. The maximum atomic E-state index is 10.7. The third kappa shape index (κ3) is 2.80. The van der Waals surface area contributed by atoms with Crippen molar-refractivity contribution in [2.24, 2.45) is 11.8 Å². The van der Waals surface area contributed by atoms with E-state index in [9.17, 15) is 5.11 Å². The highest BCUT2D eigenvalue weighted by atomic mass is 79.9. The average molecular weight is 311 g/mol. The normalized spacial score (nSPS) is 26.0. The molecule has 0 aromatic heterocycles. The third-order valence-electron chi connectivity index (χ3n) is 4.44. The molecule has 2 rings (SSSR count). The Morgan fingerprint density at radius 1 is 1.33 bits per heavy atom. The summed E-state index contributed by atoms with van der Waals surface area (Å²) in [5, 5.41) is 10.7. The van der Waals surface area contributed by atoms with Gasteiger partial charge in [0.15, 0.2) is 0 Å². The largest absolute Gasteiger partial charge is 0.388 e. The predicted molar refractivity (Wildman–Crippen MR) is 79.6 cm³/mol. The molecule has 1 N–H and O–H groups in total.